The zero-order chi connectivity index (χ0) is 19.6. The molecule has 1 heterocycles. The normalized spacial score (nSPS) is 14.9. The lowest BCUT2D eigenvalue weighted by Crippen LogP contribution is -2.47. The summed E-state index contributed by atoms with van der Waals surface area (Å²) in [6.45, 7) is 9.29. The number of anilines is 1. The number of benzene rings is 2. The Hall–Kier alpha value is -2.66. The van der Waals surface area contributed by atoms with E-state index >= 15 is 0 Å². The van der Waals surface area contributed by atoms with Crippen molar-refractivity contribution >= 4 is 17.5 Å². The third kappa shape index (κ3) is 4.37. The van der Waals surface area contributed by atoms with E-state index in [1.165, 1.54) is 5.56 Å². The first-order valence-electron chi connectivity index (χ1n) is 9.32. The zero-order valence-electron chi connectivity index (χ0n) is 16.5. The van der Waals surface area contributed by atoms with Crippen molar-refractivity contribution in [3.8, 4) is 0 Å². The van der Waals surface area contributed by atoms with Crippen LogP contribution in [0, 0.1) is 20.8 Å². The van der Waals surface area contributed by atoms with Crippen molar-refractivity contribution in [2.24, 2.45) is 0 Å². The van der Waals surface area contributed by atoms with Crippen LogP contribution in [0.5, 0.6) is 0 Å². The molecule has 0 spiro atoms. The molecule has 0 aromatic heterocycles. The van der Waals surface area contributed by atoms with Gasteiger partial charge in [-0.2, -0.15) is 0 Å². The van der Waals surface area contributed by atoms with Gasteiger partial charge in [-0.15, -0.1) is 0 Å². The monoisotopic (exact) mass is 365 g/mol. The lowest BCUT2D eigenvalue weighted by Gasteiger charge is -2.32. The van der Waals surface area contributed by atoms with Gasteiger partial charge in [-0.25, -0.2) is 0 Å². The van der Waals surface area contributed by atoms with E-state index in [0.29, 0.717) is 11.1 Å². The van der Waals surface area contributed by atoms with Gasteiger partial charge >= 0.3 is 0 Å². The Morgan fingerprint density at radius 3 is 1.93 bits per heavy atom. The maximum atomic E-state index is 12.6. The number of piperazine rings is 1. The van der Waals surface area contributed by atoms with E-state index in [1.807, 2.05) is 25.7 Å². The summed E-state index contributed by atoms with van der Waals surface area (Å²) >= 11 is 0. The highest BCUT2D eigenvalue weighted by Gasteiger charge is 2.20. The first kappa shape index (κ1) is 19.1. The van der Waals surface area contributed by atoms with Crippen LogP contribution in [-0.2, 0) is 0 Å². The molecule has 27 heavy (non-hydrogen) atoms. The van der Waals surface area contributed by atoms with Gasteiger partial charge in [0.15, 0.2) is 0 Å². The van der Waals surface area contributed by atoms with Crippen LogP contribution in [0.2, 0.25) is 0 Å². The summed E-state index contributed by atoms with van der Waals surface area (Å²) in [5.74, 6) is -0.135. The van der Waals surface area contributed by atoms with Gasteiger partial charge in [-0.1, -0.05) is 17.7 Å². The number of hydrogen-bond acceptors (Lipinski definition) is 3. The Morgan fingerprint density at radius 1 is 0.852 bits per heavy atom. The number of rotatable bonds is 3. The first-order chi connectivity index (χ1) is 12.8. The molecular formula is C22H27N3O2. The molecular weight excluding hydrogens is 338 g/mol. The van der Waals surface area contributed by atoms with Crippen LogP contribution in [0.3, 0.4) is 0 Å². The van der Waals surface area contributed by atoms with Crippen molar-refractivity contribution in [1.82, 2.24) is 9.80 Å². The van der Waals surface area contributed by atoms with Gasteiger partial charge in [0.25, 0.3) is 11.8 Å². The average molecular weight is 365 g/mol. The molecule has 2 aromatic rings. The Labute approximate surface area is 161 Å². The topological polar surface area (TPSA) is 52.7 Å². The zero-order valence-corrected chi connectivity index (χ0v) is 16.5. The molecule has 1 aliphatic heterocycles. The maximum absolute atomic E-state index is 12.6. The molecule has 142 valence electrons. The van der Waals surface area contributed by atoms with Crippen LogP contribution in [0.1, 0.15) is 37.4 Å². The molecule has 2 amide bonds. The molecule has 0 aliphatic carbocycles. The number of carbonyl (C=O) groups is 2. The fourth-order valence-corrected chi connectivity index (χ4v) is 3.52. The van der Waals surface area contributed by atoms with Crippen molar-refractivity contribution in [3.63, 3.8) is 0 Å². The summed E-state index contributed by atoms with van der Waals surface area (Å²) in [6, 6.07) is 11.0. The van der Waals surface area contributed by atoms with E-state index in [-0.39, 0.29) is 11.8 Å². The Kier molecular flexibility index (Phi) is 5.61. The summed E-state index contributed by atoms with van der Waals surface area (Å²) in [5.41, 5.74) is 5.28. The lowest BCUT2D eigenvalue weighted by atomic mass is 10.0. The number of amides is 2. The summed E-state index contributed by atoms with van der Waals surface area (Å²) in [5, 5.41) is 3.00. The molecule has 0 bridgehead atoms. The van der Waals surface area contributed by atoms with Crippen LogP contribution in [0.4, 0.5) is 5.69 Å². The molecule has 5 heteroatoms. The highest BCUT2D eigenvalue weighted by atomic mass is 16.2. The molecule has 1 saturated heterocycles. The predicted molar refractivity (Wildman–Crippen MR) is 108 cm³/mol. The minimum absolute atomic E-state index is 0.0280. The van der Waals surface area contributed by atoms with E-state index in [1.54, 1.807) is 24.3 Å². The molecule has 2 aromatic carbocycles. The standard InChI is InChI=1S/C22H27N3O2/c1-15-13-16(2)20(17(3)14-15)23-21(26)18-5-7-19(8-6-18)22(27)25-11-9-24(4)10-12-25/h5-8,13-14H,9-12H2,1-4H3,(H,23,26). The van der Waals surface area contributed by atoms with Crippen molar-refractivity contribution in [3.05, 3.63) is 64.2 Å². The minimum atomic E-state index is -0.163. The van der Waals surface area contributed by atoms with Gasteiger partial charge in [0, 0.05) is 43.0 Å². The van der Waals surface area contributed by atoms with E-state index in [2.05, 4.69) is 29.4 Å². The number of hydrogen-bond donors (Lipinski definition) is 1. The molecule has 1 aliphatic rings. The molecule has 0 unspecified atom stereocenters. The van der Waals surface area contributed by atoms with Crippen molar-refractivity contribution in [1.29, 1.82) is 0 Å². The number of nitrogens with one attached hydrogen (secondary N) is 1. The van der Waals surface area contributed by atoms with Gasteiger partial charge in [-0.05, 0) is 63.2 Å². The average Bonchev–Trinajstić information content (AvgIpc) is 2.64. The third-order valence-electron chi connectivity index (χ3n) is 5.10. The highest BCUT2D eigenvalue weighted by molar-refractivity contribution is 6.05. The van der Waals surface area contributed by atoms with Gasteiger partial charge in [0.2, 0.25) is 0 Å². The van der Waals surface area contributed by atoms with Gasteiger partial charge in [-0.3, -0.25) is 9.59 Å². The maximum Gasteiger partial charge on any atom is 0.255 e. The first-order valence-corrected chi connectivity index (χ1v) is 9.32. The van der Waals surface area contributed by atoms with Crippen LogP contribution in [0.15, 0.2) is 36.4 Å². The predicted octanol–water partition coefficient (Wildman–Crippen LogP) is 3.25. The largest absolute Gasteiger partial charge is 0.336 e. The minimum Gasteiger partial charge on any atom is -0.336 e. The summed E-state index contributed by atoms with van der Waals surface area (Å²) in [7, 11) is 2.06. The number of aryl methyl sites for hydroxylation is 3. The second-order valence-corrected chi connectivity index (χ2v) is 7.40. The van der Waals surface area contributed by atoms with Crippen LogP contribution < -0.4 is 5.32 Å². The fourth-order valence-electron chi connectivity index (χ4n) is 3.52. The van der Waals surface area contributed by atoms with Gasteiger partial charge < -0.3 is 15.1 Å². The van der Waals surface area contributed by atoms with E-state index < -0.39 is 0 Å². The fraction of sp³-hybridized carbons (Fsp3) is 0.364. The summed E-state index contributed by atoms with van der Waals surface area (Å²) in [4.78, 5) is 29.3. The smallest absolute Gasteiger partial charge is 0.255 e. The van der Waals surface area contributed by atoms with Crippen molar-refractivity contribution in [2.75, 3.05) is 38.5 Å². The second kappa shape index (κ2) is 7.92. The summed E-state index contributed by atoms with van der Waals surface area (Å²) in [6.07, 6.45) is 0. The third-order valence-corrected chi connectivity index (χ3v) is 5.10. The molecule has 0 atom stereocenters. The molecule has 0 saturated carbocycles. The molecule has 0 radical (unpaired) electrons. The van der Waals surface area contributed by atoms with E-state index in [4.69, 9.17) is 0 Å². The molecule has 5 nitrogen and oxygen atoms in total. The van der Waals surface area contributed by atoms with Crippen LogP contribution >= 0.6 is 0 Å². The molecule has 1 fully saturated rings. The molecule has 3 rings (SSSR count). The lowest BCUT2D eigenvalue weighted by molar-refractivity contribution is 0.0664. The SMILES string of the molecule is Cc1cc(C)c(NC(=O)c2ccc(C(=O)N3CCN(C)CC3)cc2)c(C)c1. The van der Waals surface area contributed by atoms with Crippen molar-refractivity contribution in [2.45, 2.75) is 20.8 Å². The second-order valence-electron chi connectivity index (χ2n) is 7.40. The van der Waals surface area contributed by atoms with E-state index in [9.17, 15) is 9.59 Å². The number of carbonyl (C=O) groups excluding carboxylic acids is 2. The molecule has 1 N–H and O–H groups in total. The van der Waals surface area contributed by atoms with Crippen molar-refractivity contribution < 1.29 is 9.59 Å². The highest BCUT2D eigenvalue weighted by Crippen LogP contribution is 2.22. The van der Waals surface area contributed by atoms with Crippen LogP contribution in [0.25, 0.3) is 0 Å². The quantitative estimate of drug-likeness (QED) is 0.908. The number of nitrogens with zero attached hydrogens (tertiary/aromatic N) is 2. The van der Waals surface area contributed by atoms with E-state index in [0.717, 1.165) is 43.0 Å². The van der Waals surface area contributed by atoms with Gasteiger partial charge in [0.1, 0.15) is 0 Å². The van der Waals surface area contributed by atoms with Gasteiger partial charge in [0.05, 0.1) is 0 Å². The number of likely N-dealkylation sites (N-methyl/N-ethyl adjacent to an activating group) is 1. The Morgan fingerprint density at radius 2 is 1.37 bits per heavy atom. The Balaban J connectivity index is 1.70. The Bertz CT molecular complexity index is 827. The summed E-state index contributed by atoms with van der Waals surface area (Å²) < 4.78 is 0. The van der Waals surface area contributed by atoms with Crippen LogP contribution in [-0.4, -0.2) is 54.8 Å².